The number of rotatable bonds is 11. The summed E-state index contributed by atoms with van der Waals surface area (Å²) in [7, 11) is -1.95. The molecule has 204 valence electrons. The Morgan fingerprint density at radius 3 is 2.16 bits per heavy atom. The summed E-state index contributed by atoms with van der Waals surface area (Å²) in [4.78, 5) is 27.9. The minimum absolute atomic E-state index is 0.0974. The molecule has 0 aromatic heterocycles. The van der Waals surface area contributed by atoms with Crippen LogP contribution in [0.25, 0.3) is 0 Å². The van der Waals surface area contributed by atoms with Crippen LogP contribution < -0.4 is 14.4 Å². The summed E-state index contributed by atoms with van der Waals surface area (Å²) >= 11 is 0. The molecule has 1 unspecified atom stereocenters. The molecule has 0 spiro atoms. The molecule has 0 aliphatic heterocycles. The van der Waals surface area contributed by atoms with Crippen LogP contribution >= 0.6 is 0 Å². The number of nitrogens with zero attached hydrogens (tertiary/aromatic N) is 2. The molecular formula is C28H41N3O5S. The normalized spacial score (nSPS) is 12.5. The lowest BCUT2D eigenvalue weighted by Gasteiger charge is -2.32. The third-order valence-corrected chi connectivity index (χ3v) is 7.30. The molecule has 2 aromatic rings. The smallest absolute Gasteiger partial charge is 0.242 e. The first kappa shape index (κ1) is 30.2. The predicted molar refractivity (Wildman–Crippen MR) is 148 cm³/mol. The average molecular weight is 532 g/mol. The molecule has 0 saturated heterocycles. The van der Waals surface area contributed by atoms with Crippen molar-refractivity contribution in [3.8, 4) is 5.75 Å². The molecule has 2 rings (SSSR count). The zero-order valence-corrected chi connectivity index (χ0v) is 24.1. The van der Waals surface area contributed by atoms with Crippen LogP contribution in [0.1, 0.15) is 57.2 Å². The van der Waals surface area contributed by atoms with Crippen LogP contribution in [0.4, 0.5) is 5.69 Å². The molecule has 1 atom stereocenters. The molecule has 2 amide bonds. The van der Waals surface area contributed by atoms with Crippen LogP contribution in [0.3, 0.4) is 0 Å². The number of carbonyl (C=O) groups is 2. The van der Waals surface area contributed by atoms with E-state index >= 15 is 0 Å². The molecule has 37 heavy (non-hydrogen) atoms. The lowest BCUT2D eigenvalue weighted by Crippen LogP contribution is -2.52. The van der Waals surface area contributed by atoms with E-state index in [1.165, 1.54) is 10.6 Å². The van der Waals surface area contributed by atoms with E-state index in [4.69, 9.17) is 4.74 Å². The van der Waals surface area contributed by atoms with Gasteiger partial charge in [-0.3, -0.25) is 13.9 Å². The molecular weight excluding hydrogens is 490 g/mol. The highest BCUT2D eigenvalue weighted by molar-refractivity contribution is 7.92. The number of methoxy groups -OCH3 is 1. The third kappa shape index (κ3) is 9.07. The van der Waals surface area contributed by atoms with Crippen LogP contribution in [0, 0.1) is 13.8 Å². The lowest BCUT2D eigenvalue weighted by molar-refractivity contribution is -0.141. The Labute approximate surface area is 222 Å². The van der Waals surface area contributed by atoms with E-state index < -0.39 is 21.6 Å². The van der Waals surface area contributed by atoms with Crippen LogP contribution in [0.2, 0.25) is 0 Å². The van der Waals surface area contributed by atoms with Crippen molar-refractivity contribution in [2.24, 2.45) is 0 Å². The summed E-state index contributed by atoms with van der Waals surface area (Å²) in [6, 6.07) is 12.1. The van der Waals surface area contributed by atoms with Gasteiger partial charge in [0.15, 0.2) is 0 Å². The number of benzene rings is 2. The Kier molecular flexibility index (Phi) is 10.1. The second-order valence-electron chi connectivity index (χ2n) is 10.5. The Balaban J connectivity index is 2.21. The maximum Gasteiger partial charge on any atom is 0.242 e. The number of hydrogen-bond acceptors (Lipinski definition) is 5. The minimum atomic E-state index is -3.54. The Bertz CT molecular complexity index is 1190. The highest BCUT2D eigenvalue weighted by Gasteiger charge is 2.28. The minimum Gasteiger partial charge on any atom is -0.497 e. The number of nitrogens with one attached hydrogen (secondary N) is 1. The van der Waals surface area contributed by atoms with Gasteiger partial charge in [-0.05, 0) is 88.9 Å². The number of aryl methyl sites for hydroxylation is 2. The van der Waals surface area contributed by atoms with Crippen LogP contribution in [0.5, 0.6) is 5.75 Å². The highest BCUT2D eigenvalue weighted by atomic mass is 32.2. The first-order valence-electron chi connectivity index (χ1n) is 12.4. The zero-order chi connectivity index (χ0) is 28.0. The van der Waals surface area contributed by atoms with E-state index in [1.54, 1.807) is 25.0 Å². The van der Waals surface area contributed by atoms with Gasteiger partial charge in [-0.2, -0.15) is 0 Å². The Morgan fingerprint density at radius 1 is 1.03 bits per heavy atom. The molecule has 0 aliphatic carbocycles. The highest BCUT2D eigenvalue weighted by Crippen LogP contribution is 2.22. The summed E-state index contributed by atoms with van der Waals surface area (Å²) in [6.07, 6.45) is 1.57. The van der Waals surface area contributed by atoms with Crippen molar-refractivity contribution in [1.29, 1.82) is 0 Å². The monoisotopic (exact) mass is 531 g/mol. The maximum atomic E-state index is 13.4. The fraction of sp³-hybridized carbons (Fsp3) is 0.500. The molecule has 1 N–H and O–H groups in total. The van der Waals surface area contributed by atoms with Gasteiger partial charge >= 0.3 is 0 Å². The largest absolute Gasteiger partial charge is 0.497 e. The Hall–Kier alpha value is -3.07. The van der Waals surface area contributed by atoms with Crippen molar-refractivity contribution < 1.29 is 22.7 Å². The fourth-order valence-electron chi connectivity index (χ4n) is 3.87. The molecule has 2 aromatic carbocycles. The van der Waals surface area contributed by atoms with Gasteiger partial charge < -0.3 is 15.0 Å². The first-order chi connectivity index (χ1) is 17.1. The third-order valence-electron chi connectivity index (χ3n) is 6.11. The lowest BCUT2D eigenvalue weighted by atomic mass is 10.1. The van der Waals surface area contributed by atoms with Crippen molar-refractivity contribution in [3.05, 3.63) is 59.2 Å². The molecule has 0 fully saturated rings. The quantitative estimate of drug-likeness (QED) is 0.469. The average Bonchev–Trinajstić information content (AvgIpc) is 2.80. The summed E-state index contributed by atoms with van der Waals surface area (Å²) in [5.41, 5.74) is 3.06. The first-order valence-corrected chi connectivity index (χ1v) is 14.3. The van der Waals surface area contributed by atoms with Gasteiger partial charge in [-0.25, -0.2) is 8.42 Å². The number of amides is 2. The van der Waals surface area contributed by atoms with E-state index in [9.17, 15) is 18.0 Å². The van der Waals surface area contributed by atoms with Gasteiger partial charge in [-0.15, -0.1) is 0 Å². The molecule has 0 heterocycles. The van der Waals surface area contributed by atoms with Gasteiger partial charge in [-0.1, -0.05) is 18.2 Å². The molecule has 0 saturated carbocycles. The van der Waals surface area contributed by atoms with Crippen LogP contribution in [-0.4, -0.2) is 56.6 Å². The molecule has 9 heteroatoms. The van der Waals surface area contributed by atoms with Gasteiger partial charge in [0.25, 0.3) is 0 Å². The van der Waals surface area contributed by atoms with Crippen molar-refractivity contribution in [1.82, 2.24) is 10.2 Å². The summed E-state index contributed by atoms with van der Waals surface area (Å²) in [5, 5.41) is 2.94. The Morgan fingerprint density at radius 2 is 1.65 bits per heavy atom. The summed E-state index contributed by atoms with van der Waals surface area (Å²) < 4.78 is 31.6. The number of sulfonamides is 1. The van der Waals surface area contributed by atoms with E-state index in [0.717, 1.165) is 16.7 Å². The van der Waals surface area contributed by atoms with Gasteiger partial charge in [0, 0.05) is 25.0 Å². The van der Waals surface area contributed by atoms with Crippen molar-refractivity contribution >= 4 is 27.5 Å². The molecule has 0 bridgehead atoms. The van der Waals surface area contributed by atoms with Crippen LogP contribution in [-0.2, 0) is 26.2 Å². The van der Waals surface area contributed by atoms with Gasteiger partial charge in [0.1, 0.15) is 11.8 Å². The maximum absolute atomic E-state index is 13.4. The summed E-state index contributed by atoms with van der Waals surface area (Å²) in [6.45, 7) is 11.7. The number of ether oxygens (including phenoxy) is 1. The standard InChI is InChI=1S/C28H41N3O5S/c1-20-11-14-24(18-21(20)2)31(37(8,34)35)17-9-10-26(32)30(22(3)27(33)29-28(4,5)6)19-23-12-15-25(36-7)16-13-23/h11-16,18,22H,9-10,17,19H2,1-8H3,(H,29,33). The predicted octanol–water partition coefficient (Wildman–Crippen LogP) is 4.19. The molecule has 0 radical (unpaired) electrons. The fourth-order valence-corrected chi connectivity index (χ4v) is 4.83. The van der Waals surface area contributed by atoms with Crippen molar-refractivity contribution in [3.63, 3.8) is 0 Å². The second kappa shape index (κ2) is 12.4. The topological polar surface area (TPSA) is 96.0 Å². The SMILES string of the molecule is COc1ccc(CN(C(=O)CCCN(c2ccc(C)c(C)c2)S(C)(=O)=O)C(C)C(=O)NC(C)(C)C)cc1. The molecule has 0 aliphatic rings. The zero-order valence-electron chi connectivity index (χ0n) is 23.3. The van der Waals surface area contributed by atoms with Crippen molar-refractivity contribution in [2.45, 2.75) is 72.5 Å². The van der Waals surface area contributed by atoms with E-state index in [0.29, 0.717) is 17.9 Å². The van der Waals surface area contributed by atoms with E-state index in [2.05, 4.69) is 5.32 Å². The number of carbonyl (C=O) groups excluding carboxylic acids is 2. The summed E-state index contributed by atoms with van der Waals surface area (Å²) in [5.74, 6) is 0.232. The molecule has 8 nitrogen and oxygen atoms in total. The van der Waals surface area contributed by atoms with Crippen LogP contribution in [0.15, 0.2) is 42.5 Å². The van der Waals surface area contributed by atoms with Gasteiger partial charge in [0.05, 0.1) is 19.1 Å². The second-order valence-corrected chi connectivity index (χ2v) is 12.4. The van der Waals surface area contributed by atoms with E-state index in [-0.39, 0.29) is 31.3 Å². The number of anilines is 1. The number of hydrogen-bond donors (Lipinski definition) is 1. The van der Waals surface area contributed by atoms with Gasteiger partial charge in [0.2, 0.25) is 21.8 Å². The van der Waals surface area contributed by atoms with E-state index in [1.807, 2.05) is 71.0 Å². The van der Waals surface area contributed by atoms with Crippen molar-refractivity contribution in [2.75, 3.05) is 24.2 Å².